The highest BCUT2D eigenvalue weighted by Crippen LogP contribution is 2.27. The van der Waals surface area contributed by atoms with Crippen LogP contribution >= 0.6 is 0 Å². The average Bonchev–Trinajstić information content (AvgIpc) is 3.33. The Morgan fingerprint density at radius 2 is 1.91 bits per heavy atom. The molecule has 0 bridgehead atoms. The van der Waals surface area contributed by atoms with Gasteiger partial charge in [-0.3, -0.25) is 4.79 Å². The number of benzene rings is 2. The van der Waals surface area contributed by atoms with Crippen molar-refractivity contribution in [1.82, 2.24) is 15.1 Å². The van der Waals surface area contributed by atoms with Gasteiger partial charge in [0.2, 0.25) is 5.91 Å². The van der Waals surface area contributed by atoms with Crippen LogP contribution in [0.5, 0.6) is 0 Å². The zero-order valence-corrected chi connectivity index (χ0v) is 17.3. The quantitative estimate of drug-likeness (QED) is 0.671. The number of amides is 1. The van der Waals surface area contributed by atoms with E-state index >= 15 is 0 Å². The van der Waals surface area contributed by atoms with E-state index in [4.69, 9.17) is 0 Å². The summed E-state index contributed by atoms with van der Waals surface area (Å²) < 4.78 is 15.1. The van der Waals surface area contributed by atoms with E-state index in [-0.39, 0.29) is 17.4 Å². The second-order valence-corrected chi connectivity index (χ2v) is 7.66. The van der Waals surface area contributed by atoms with Gasteiger partial charge in [-0.15, -0.1) is 0 Å². The Balaban J connectivity index is 1.38. The molecule has 1 unspecified atom stereocenters. The number of aromatic nitrogens is 2. The molecule has 1 atom stereocenters. The topological polar surface area (TPSA) is 97.7 Å². The van der Waals surface area contributed by atoms with Crippen molar-refractivity contribution in [3.05, 3.63) is 77.9 Å². The van der Waals surface area contributed by atoms with Crippen LogP contribution in [0.4, 0.5) is 10.1 Å². The molecule has 0 saturated carbocycles. The molecular weight excluding hydrogens is 407 g/mol. The zero-order chi connectivity index (χ0) is 22.5. The summed E-state index contributed by atoms with van der Waals surface area (Å²) in [5, 5.41) is 26.0. The standard InChI is InChI=1S/C24H21FN6O/c25-20-6-7-23(18(12-20)13-26)30-10-8-17(9-11-30)24(32)29-22(14-27)19-15-28-31(16-19)21-4-2-1-3-5-21/h1-7,12,15-17,22H,8-11H2,(H,29,32). The minimum absolute atomic E-state index is 0.178. The highest BCUT2D eigenvalue weighted by atomic mass is 19.1. The number of carbonyl (C=O) groups is 1. The van der Waals surface area contributed by atoms with Crippen LogP contribution in [0, 0.1) is 34.4 Å². The van der Waals surface area contributed by atoms with Gasteiger partial charge in [-0.05, 0) is 43.2 Å². The van der Waals surface area contributed by atoms with Gasteiger partial charge in [-0.1, -0.05) is 18.2 Å². The molecule has 4 rings (SSSR count). The first-order chi connectivity index (χ1) is 15.6. The molecule has 1 aliphatic heterocycles. The first kappa shape index (κ1) is 21.1. The Bertz CT molecular complexity index is 1190. The number of anilines is 1. The summed E-state index contributed by atoms with van der Waals surface area (Å²) in [6, 6.07) is 17.1. The molecule has 1 saturated heterocycles. The molecule has 32 heavy (non-hydrogen) atoms. The van der Waals surface area contributed by atoms with E-state index in [1.807, 2.05) is 41.3 Å². The average molecular weight is 428 g/mol. The van der Waals surface area contributed by atoms with E-state index in [9.17, 15) is 19.7 Å². The number of piperidine rings is 1. The maximum atomic E-state index is 13.4. The molecule has 0 aliphatic carbocycles. The summed E-state index contributed by atoms with van der Waals surface area (Å²) in [6.45, 7) is 1.14. The van der Waals surface area contributed by atoms with Crippen molar-refractivity contribution in [2.45, 2.75) is 18.9 Å². The number of nitriles is 2. The van der Waals surface area contributed by atoms with Crippen LogP contribution < -0.4 is 10.2 Å². The molecule has 7 nitrogen and oxygen atoms in total. The van der Waals surface area contributed by atoms with Crippen molar-refractivity contribution in [2.24, 2.45) is 5.92 Å². The number of nitrogens with zero attached hydrogens (tertiary/aromatic N) is 5. The minimum atomic E-state index is -0.791. The fraction of sp³-hybridized carbons (Fsp3) is 0.250. The number of nitrogens with one attached hydrogen (secondary N) is 1. The van der Waals surface area contributed by atoms with Crippen LogP contribution in [-0.4, -0.2) is 28.8 Å². The molecule has 3 aromatic rings. The molecule has 0 spiro atoms. The first-order valence-electron chi connectivity index (χ1n) is 10.3. The van der Waals surface area contributed by atoms with Crippen molar-refractivity contribution in [1.29, 1.82) is 10.5 Å². The lowest BCUT2D eigenvalue weighted by atomic mass is 9.94. The molecular formula is C24H21FN6O. The van der Waals surface area contributed by atoms with Crippen molar-refractivity contribution in [3.63, 3.8) is 0 Å². The van der Waals surface area contributed by atoms with Gasteiger partial charge in [0.05, 0.1) is 29.2 Å². The maximum Gasteiger partial charge on any atom is 0.224 e. The monoisotopic (exact) mass is 428 g/mol. The van der Waals surface area contributed by atoms with Gasteiger partial charge >= 0.3 is 0 Å². The Labute approximate surface area is 185 Å². The fourth-order valence-electron chi connectivity index (χ4n) is 3.91. The third kappa shape index (κ3) is 4.45. The van der Waals surface area contributed by atoms with Crippen molar-refractivity contribution in [2.75, 3.05) is 18.0 Å². The predicted octanol–water partition coefficient (Wildman–Crippen LogP) is 3.48. The van der Waals surface area contributed by atoms with E-state index in [0.717, 1.165) is 5.69 Å². The van der Waals surface area contributed by atoms with Crippen molar-refractivity contribution < 1.29 is 9.18 Å². The van der Waals surface area contributed by atoms with Gasteiger partial charge in [0.1, 0.15) is 17.9 Å². The van der Waals surface area contributed by atoms with Gasteiger partial charge in [0.25, 0.3) is 0 Å². The minimum Gasteiger partial charge on any atom is -0.370 e. The third-order valence-corrected chi connectivity index (χ3v) is 5.66. The van der Waals surface area contributed by atoms with Crippen LogP contribution in [0.15, 0.2) is 60.9 Å². The summed E-state index contributed by atoms with van der Waals surface area (Å²) in [7, 11) is 0. The first-order valence-corrected chi connectivity index (χ1v) is 10.3. The summed E-state index contributed by atoms with van der Waals surface area (Å²) in [5.74, 6) is -0.863. The highest BCUT2D eigenvalue weighted by molar-refractivity contribution is 5.80. The number of para-hydroxylation sites is 1. The normalized spacial score (nSPS) is 14.9. The van der Waals surface area contributed by atoms with E-state index in [1.54, 1.807) is 23.1 Å². The van der Waals surface area contributed by atoms with Gasteiger partial charge in [-0.25, -0.2) is 9.07 Å². The van der Waals surface area contributed by atoms with Crippen LogP contribution in [0.2, 0.25) is 0 Å². The van der Waals surface area contributed by atoms with Gasteiger partial charge in [0, 0.05) is 30.8 Å². The second kappa shape index (κ2) is 9.32. The van der Waals surface area contributed by atoms with Gasteiger partial charge < -0.3 is 10.2 Å². The molecule has 8 heteroatoms. The van der Waals surface area contributed by atoms with Crippen LogP contribution in [-0.2, 0) is 4.79 Å². The van der Waals surface area contributed by atoms with Crippen LogP contribution in [0.3, 0.4) is 0 Å². The molecule has 160 valence electrons. The SMILES string of the molecule is N#Cc1cc(F)ccc1N1CCC(C(=O)NC(C#N)c2cnn(-c3ccccc3)c2)CC1. The van der Waals surface area contributed by atoms with E-state index in [2.05, 4.69) is 16.5 Å². The maximum absolute atomic E-state index is 13.4. The summed E-state index contributed by atoms with van der Waals surface area (Å²) >= 11 is 0. The smallest absolute Gasteiger partial charge is 0.224 e. The Hall–Kier alpha value is -4.17. The predicted molar refractivity (Wildman–Crippen MR) is 116 cm³/mol. The lowest BCUT2D eigenvalue weighted by Crippen LogP contribution is -2.41. The number of halogens is 1. The van der Waals surface area contributed by atoms with Gasteiger partial charge in [-0.2, -0.15) is 15.6 Å². The number of hydrogen-bond donors (Lipinski definition) is 1. The van der Waals surface area contributed by atoms with E-state index in [0.29, 0.717) is 37.2 Å². The molecule has 2 heterocycles. The number of carbonyl (C=O) groups excluding carboxylic acids is 1. The molecule has 2 aromatic carbocycles. The highest BCUT2D eigenvalue weighted by Gasteiger charge is 2.28. The van der Waals surface area contributed by atoms with Crippen LogP contribution in [0.25, 0.3) is 5.69 Å². The molecule has 1 aliphatic rings. The van der Waals surface area contributed by atoms with Gasteiger partial charge in [0.15, 0.2) is 0 Å². The number of rotatable bonds is 5. The van der Waals surface area contributed by atoms with E-state index in [1.165, 1.54) is 12.1 Å². The Morgan fingerprint density at radius 1 is 1.16 bits per heavy atom. The number of hydrogen-bond acceptors (Lipinski definition) is 5. The van der Waals surface area contributed by atoms with Crippen LogP contribution in [0.1, 0.15) is 30.0 Å². The summed E-state index contributed by atoms with van der Waals surface area (Å²) in [6.07, 6.45) is 4.48. The molecule has 0 radical (unpaired) electrons. The lowest BCUT2D eigenvalue weighted by molar-refractivity contribution is -0.126. The van der Waals surface area contributed by atoms with Crippen molar-refractivity contribution in [3.8, 4) is 17.8 Å². The molecule has 1 N–H and O–H groups in total. The van der Waals surface area contributed by atoms with Crippen molar-refractivity contribution >= 4 is 11.6 Å². The Kier molecular flexibility index (Phi) is 6.14. The van der Waals surface area contributed by atoms with E-state index < -0.39 is 11.9 Å². The molecule has 1 fully saturated rings. The summed E-state index contributed by atoms with van der Waals surface area (Å²) in [4.78, 5) is 14.8. The fourth-order valence-corrected chi connectivity index (χ4v) is 3.91. The second-order valence-electron chi connectivity index (χ2n) is 7.66. The molecule has 1 aromatic heterocycles. The third-order valence-electron chi connectivity index (χ3n) is 5.66. The largest absolute Gasteiger partial charge is 0.370 e. The Morgan fingerprint density at radius 3 is 2.59 bits per heavy atom. The lowest BCUT2D eigenvalue weighted by Gasteiger charge is -2.33. The zero-order valence-electron chi connectivity index (χ0n) is 17.3. The summed E-state index contributed by atoms with van der Waals surface area (Å²) in [5.41, 5.74) is 2.45. The molecule has 1 amide bonds.